The lowest BCUT2D eigenvalue weighted by Crippen LogP contribution is -2.00. The van der Waals surface area contributed by atoms with Crippen LogP contribution in [0.5, 0.6) is 0 Å². The lowest BCUT2D eigenvalue weighted by atomic mass is 10.1. The number of nitrogens with one attached hydrogen (secondary N) is 1. The molecule has 0 bridgehead atoms. The molecule has 0 aliphatic rings. The predicted molar refractivity (Wildman–Crippen MR) is 83.7 cm³/mol. The van der Waals surface area contributed by atoms with Crippen molar-refractivity contribution in [2.24, 2.45) is 5.10 Å². The number of nitrogens with zero attached hydrogens (tertiary/aromatic N) is 1. The van der Waals surface area contributed by atoms with E-state index in [0.717, 1.165) is 11.3 Å². The minimum absolute atomic E-state index is 0.433. The van der Waals surface area contributed by atoms with Crippen molar-refractivity contribution in [1.82, 2.24) is 0 Å². The van der Waals surface area contributed by atoms with Crippen molar-refractivity contribution in [2.75, 3.05) is 5.43 Å². The van der Waals surface area contributed by atoms with E-state index in [0.29, 0.717) is 20.8 Å². The molecule has 0 heterocycles. The van der Waals surface area contributed by atoms with Crippen molar-refractivity contribution in [2.45, 2.75) is 6.92 Å². The van der Waals surface area contributed by atoms with Gasteiger partial charge in [-0.2, -0.15) is 5.10 Å². The van der Waals surface area contributed by atoms with Crippen LogP contribution in [0.25, 0.3) is 0 Å². The van der Waals surface area contributed by atoms with Crippen molar-refractivity contribution in [3.8, 4) is 0 Å². The van der Waals surface area contributed by atoms with Gasteiger partial charge in [0.25, 0.3) is 0 Å². The fraction of sp³-hybridized carbons (Fsp3) is 0.0714. The minimum Gasteiger partial charge on any atom is -0.275 e. The molecule has 0 aromatic heterocycles. The molecule has 0 saturated heterocycles. The summed E-state index contributed by atoms with van der Waals surface area (Å²) < 4.78 is 0. The Morgan fingerprint density at radius 1 is 1.00 bits per heavy atom. The first-order valence-corrected chi connectivity index (χ1v) is 6.71. The Bertz CT molecular complexity index is 586. The van der Waals surface area contributed by atoms with Crippen LogP contribution in [0.15, 0.2) is 47.6 Å². The van der Waals surface area contributed by atoms with Crippen molar-refractivity contribution < 1.29 is 0 Å². The van der Waals surface area contributed by atoms with E-state index in [1.165, 1.54) is 0 Å². The predicted octanol–water partition coefficient (Wildman–Crippen LogP) is 5.48. The number of benzene rings is 2. The largest absolute Gasteiger partial charge is 0.275 e. The molecular formula is C14H11Cl3N2. The molecule has 2 rings (SSSR count). The van der Waals surface area contributed by atoms with Gasteiger partial charge in [-0.15, -0.1) is 0 Å². The molecule has 0 atom stereocenters. The van der Waals surface area contributed by atoms with Crippen LogP contribution in [-0.4, -0.2) is 5.71 Å². The summed E-state index contributed by atoms with van der Waals surface area (Å²) >= 11 is 18.0. The van der Waals surface area contributed by atoms with Gasteiger partial charge < -0.3 is 0 Å². The molecule has 0 saturated carbocycles. The maximum atomic E-state index is 6.06. The van der Waals surface area contributed by atoms with E-state index in [2.05, 4.69) is 10.5 Å². The van der Waals surface area contributed by atoms with Crippen molar-refractivity contribution in [1.29, 1.82) is 0 Å². The first-order valence-electron chi connectivity index (χ1n) is 5.58. The van der Waals surface area contributed by atoms with Crippen molar-refractivity contribution >= 4 is 46.2 Å². The Balaban J connectivity index is 2.23. The highest BCUT2D eigenvalue weighted by molar-refractivity contribution is 6.41. The maximum absolute atomic E-state index is 6.06. The molecule has 5 heteroatoms. The number of anilines is 1. The Labute approximate surface area is 127 Å². The Morgan fingerprint density at radius 2 is 1.58 bits per heavy atom. The van der Waals surface area contributed by atoms with E-state index < -0.39 is 0 Å². The molecule has 0 amide bonds. The average molecular weight is 314 g/mol. The molecule has 98 valence electrons. The second-order valence-electron chi connectivity index (χ2n) is 3.92. The number of hydrogen-bond donors (Lipinski definition) is 1. The van der Waals surface area contributed by atoms with E-state index >= 15 is 0 Å². The lowest BCUT2D eigenvalue weighted by Gasteiger charge is -2.08. The van der Waals surface area contributed by atoms with Crippen LogP contribution in [0, 0.1) is 0 Å². The highest BCUT2D eigenvalue weighted by atomic mass is 35.5. The second kappa shape index (κ2) is 6.29. The molecule has 19 heavy (non-hydrogen) atoms. The number of hydrazone groups is 1. The maximum Gasteiger partial charge on any atom is 0.0935 e. The summed E-state index contributed by atoms with van der Waals surface area (Å²) in [4.78, 5) is 0. The van der Waals surface area contributed by atoms with Gasteiger partial charge >= 0.3 is 0 Å². The summed E-state index contributed by atoms with van der Waals surface area (Å²) in [6, 6.07) is 13.1. The van der Waals surface area contributed by atoms with Gasteiger partial charge in [0.2, 0.25) is 0 Å². The van der Waals surface area contributed by atoms with Crippen LogP contribution in [-0.2, 0) is 0 Å². The smallest absolute Gasteiger partial charge is 0.0935 e. The molecule has 1 N–H and O–H groups in total. The third kappa shape index (κ3) is 3.63. The highest BCUT2D eigenvalue weighted by Gasteiger charge is 2.07. The Hall–Kier alpha value is -1.22. The Morgan fingerprint density at radius 3 is 2.16 bits per heavy atom. The highest BCUT2D eigenvalue weighted by Crippen LogP contribution is 2.33. The summed E-state index contributed by atoms with van der Waals surface area (Å²) in [5.41, 5.74) is 5.28. The van der Waals surface area contributed by atoms with Gasteiger partial charge in [-0.05, 0) is 24.6 Å². The van der Waals surface area contributed by atoms with Gasteiger partial charge in [0.15, 0.2) is 0 Å². The normalized spacial score (nSPS) is 11.5. The van der Waals surface area contributed by atoms with Crippen molar-refractivity contribution in [3.05, 3.63) is 63.1 Å². The summed E-state index contributed by atoms with van der Waals surface area (Å²) in [5.74, 6) is 0. The van der Waals surface area contributed by atoms with Crippen LogP contribution < -0.4 is 5.43 Å². The van der Waals surface area contributed by atoms with Crippen LogP contribution in [0.3, 0.4) is 0 Å². The second-order valence-corrected chi connectivity index (χ2v) is 5.17. The molecule has 0 aliphatic heterocycles. The molecule has 0 spiro atoms. The Kier molecular flexibility index (Phi) is 4.70. The SMILES string of the molecule is C/C(=N\Nc1c(Cl)cc(Cl)cc1Cl)c1ccccc1. The van der Waals surface area contributed by atoms with Crippen molar-refractivity contribution in [3.63, 3.8) is 0 Å². The van der Waals surface area contributed by atoms with E-state index in [9.17, 15) is 0 Å². The van der Waals surface area contributed by atoms with Gasteiger partial charge in [-0.1, -0.05) is 65.1 Å². The standard InChI is InChI=1S/C14H11Cl3N2/c1-9(10-5-3-2-4-6-10)18-19-14-12(16)7-11(15)8-13(14)17/h2-8,19H,1H3/b18-9+. The summed E-state index contributed by atoms with van der Waals surface area (Å²) in [7, 11) is 0. The number of rotatable bonds is 3. The zero-order valence-corrected chi connectivity index (χ0v) is 12.4. The molecule has 2 aromatic rings. The topological polar surface area (TPSA) is 24.4 Å². The lowest BCUT2D eigenvalue weighted by molar-refractivity contribution is 1.32. The summed E-state index contributed by atoms with van der Waals surface area (Å²) in [6.07, 6.45) is 0. The zero-order chi connectivity index (χ0) is 13.8. The van der Waals surface area contributed by atoms with Crippen LogP contribution in [0.1, 0.15) is 12.5 Å². The van der Waals surface area contributed by atoms with E-state index in [4.69, 9.17) is 34.8 Å². The molecule has 0 fully saturated rings. The fourth-order valence-corrected chi connectivity index (χ4v) is 2.43. The average Bonchev–Trinajstić information content (AvgIpc) is 2.38. The molecule has 0 unspecified atom stereocenters. The van der Waals surface area contributed by atoms with Crippen LogP contribution >= 0.6 is 34.8 Å². The summed E-state index contributed by atoms with van der Waals surface area (Å²) in [6.45, 7) is 1.90. The molecule has 0 aliphatic carbocycles. The van der Waals surface area contributed by atoms with Gasteiger partial charge in [0.05, 0.1) is 21.4 Å². The van der Waals surface area contributed by atoms with Crippen LogP contribution in [0.2, 0.25) is 15.1 Å². The molecule has 0 radical (unpaired) electrons. The monoisotopic (exact) mass is 312 g/mol. The fourth-order valence-electron chi connectivity index (χ4n) is 1.53. The van der Waals surface area contributed by atoms with Gasteiger partial charge in [-0.25, -0.2) is 0 Å². The number of hydrogen-bond acceptors (Lipinski definition) is 2. The van der Waals surface area contributed by atoms with E-state index in [-0.39, 0.29) is 0 Å². The molecule has 2 nitrogen and oxygen atoms in total. The van der Waals surface area contributed by atoms with Gasteiger partial charge in [-0.3, -0.25) is 5.43 Å². The van der Waals surface area contributed by atoms with Gasteiger partial charge in [0.1, 0.15) is 0 Å². The third-order valence-corrected chi connectivity index (χ3v) is 3.35. The van der Waals surface area contributed by atoms with E-state index in [1.807, 2.05) is 37.3 Å². The quantitative estimate of drug-likeness (QED) is 0.588. The third-order valence-electron chi connectivity index (χ3n) is 2.53. The van der Waals surface area contributed by atoms with E-state index in [1.54, 1.807) is 12.1 Å². The first kappa shape index (κ1) is 14.2. The first-order chi connectivity index (χ1) is 9.08. The molecular weight excluding hydrogens is 303 g/mol. The van der Waals surface area contributed by atoms with Crippen LogP contribution in [0.4, 0.5) is 5.69 Å². The number of halogens is 3. The minimum atomic E-state index is 0.433. The van der Waals surface area contributed by atoms with Gasteiger partial charge in [0, 0.05) is 5.02 Å². The molecule has 2 aromatic carbocycles. The summed E-state index contributed by atoms with van der Waals surface area (Å²) in [5, 5.41) is 5.63. The zero-order valence-electron chi connectivity index (χ0n) is 10.1.